The maximum absolute atomic E-state index is 9.74. The van der Waals surface area contributed by atoms with Crippen LogP contribution in [0.5, 0.6) is 0 Å². The number of likely N-dealkylation sites (tertiary alicyclic amines) is 1. The van der Waals surface area contributed by atoms with Gasteiger partial charge in [-0.1, -0.05) is 12.8 Å². The molecule has 0 saturated carbocycles. The van der Waals surface area contributed by atoms with Crippen molar-refractivity contribution < 1.29 is 4.79 Å². The van der Waals surface area contributed by atoms with Crippen molar-refractivity contribution in [1.82, 2.24) is 4.90 Å². The number of rotatable bonds is 1. The number of carbonyl (C=O) groups excluding carboxylic acids is 1. The molecule has 1 aliphatic heterocycles. The van der Waals surface area contributed by atoms with E-state index in [1.54, 1.807) is 0 Å². The third kappa shape index (κ3) is 3.42. The molecule has 0 bridgehead atoms. The van der Waals surface area contributed by atoms with Gasteiger partial charge in [0.05, 0.1) is 0 Å². The predicted octanol–water partition coefficient (Wildman–Crippen LogP) is 1.01. The molecule has 0 aromatic rings. The van der Waals surface area contributed by atoms with E-state index < -0.39 is 0 Å². The van der Waals surface area contributed by atoms with Gasteiger partial charge in [-0.3, -0.25) is 0 Å². The van der Waals surface area contributed by atoms with Crippen LogP contribution in [-0.2, 0) is 4.79 Å². The van der Waals surface area contributed by atoms with Crippen LogP contribution < -0.4 is 0 Å². The quantitative estimate of drug-likeness (QED) is 0.341. The molecule has 1 saturated heterocycles. The van der Waals surface area contributed by atoms with E-state index in [2.05, 4.69) is 28.8 Å². The maximum atomic E-state index is 9.74. The zero-order chi connectivity index (χ0) is 9.52. The maximum Gasteiger partial charge on any atom is 0.249 e. The SMILES string of the molecule is CCN1CCC(C#CN=C=O)CC1. The molecule has 0 N–H and O–H groups in total. The molecule has 0 aromatic carbocycles. The van der Waals surface area contributed by atoms with Gasteiger partial charge in [-0.25, -0.2) is 4.79 Å². The average molecular weight is 178 g/mol. The Morgan fingerprint density at radius 1 is 1.46 bits per heavy atom. The monoisotopic (exact) mass is 178 g/mol. The third-order valence-electron chi connectivity index (χ3n) is 2.41. The molecule has 0 aromatic heterocycles. The molecule has 13 heavy (non-hydrogen) atoms. The predicted molar refractivity (Wildman–Crippen MR) is 50.7 cm³/mol. The molecule has 1 heterocycles. The molecule has 0 aliphatic carbocycles. The summed E-state index contributed by atoms with van der Waals surface area (Å²) < 4.78 is 0. The van der Waals surface area contributed by atoms with Crippen LogP contribution in [0.3, 0.4) is 0 Å². The van der Waals surface area contributed by atoms with E-state index in [1.807, 2.05) is 0 Å². The van der Waals surface area contributed by atoms with Gasteiger partial charge in [0.1, 0.15) is 0 Å². The summed E-state index contributed by atoms with van der Waals surface area (Å²) in [7, 11) is 0. The fourth-order valence-electron chi connectivity index (χ4n) is 1.54. The van der Waals surface area contributed by atoms with Crippen LogP contribution in [0.25, 0.3) is 0 Å². The van der Waals surface area contributed by atoms with Crippen LogP contribution in [0, 0.1) is 17.9 Å². The smallest absolute Gasteiger partial charge is 0.249 e. The topological polar surface area (TPSA) is 32.7 Å². The summed E-state index contributed by atoms with van der Waals surface area (Å²) >= 11 is 0. The van der Waals surface area contributed by atoms with Gasteiger partial charge in [-0.2, -0.15) is 0 Å². The number of isocyanates is 1. The van der Waals surface area contributed by atoms with Gasteiger partial charge in [-0.05, 0) is 32.5 Å². The van der Waals surface area contributed by atoms with E-state index in [0.29, 0.717) is 5.92 Å². The lowest BCUT2D eigenvalue weighted by Gasteiger charge is -2.28. The first-order chi connectivity index (χ1) is 6.36. The highest BCUT2D eigenvalue weighted by Crippen LogP contribution is 2.15. The third-order valence-corrected chi connectivity index (χ3v) is 2.41. The minimum absolute atomic E-state index is 0.417. The van der Waals surface area contributed by atoms with Crippen molar-refractivity contribution >= 4 is 6.08 Å². The first-order valence-electron chi connectivity index (χ1n) is 4.66. The zero-order valence-electron chi connectivity index (χ0n) is 7.92. The minimum Gasteiger partial charge on any atom is -0.304 e. The Morgan fingerprint density at radius 3 is 2.69 bits per heavy atom. The summed E-state index contributed by atoms with van der Waals surface area (Å²) in [6, 6.07) is 2.47. The van der Waals surface area contributed by atoms with Crippen LogP contribution in [0.4, 0.5) is 0 Å². The zero-order valence-corrected chi connectivity index (χ0v) is 7.92. The number of hydrogen-bond donors (Lipinski definition) is 0. The Hall–Kier alpha value is -1.10. The molecule has 0 amide bonds. The Balaban J connectivity index is 2.34. The Labute approximate surface area is 78.8 Å². The van der Waals surface area contributed by atoms with E-state index in [9.17, 15) is 4.79 Å². The van der Waals surface area contributed by atoms with Gasteiger partial charge in [0, 0.05) is 12.0 Å². The highest BCUT2D eigenvalue weighted by molar-refractivity contribution is 5.36. The Kier molecular flexibility index (Phi) is 4.25. The molecular weight excluding hydrogens is 164 g/mol. The van der Waals surface area contributed by atoms with E-state index in [0.717, 1.165) is 32.5 Å². The standard InChI is InChI=1S/C10H14N2O/c1-2-12-7-4-10(5-8-12)3-6-11-9-13/h10H,2,4-5,7-8H2,1H3. The van der Waals surface area contributed by atoms with Gasteiger partial charge in [-0.15, -0.1) is 4.99 Å². The second-order valence-electron chi connectivity index (χ2n) is 3.17. The van der Waals surface area contributed by atoms with Crippen molar-refractivity contribution in [3.8, 4) is 12.0 Å². The van der Waals surface area contributed by atoms with Gasteiger partial charge in [0.15, 0.2) is 0 Å². The van der Waals surface area contributed by atoms with Crippen molar-refractivity contribution in [2.75, 3.05) is 19.6 Å². The second kappa shape index (κ2) is 5.53. The number of piperidine rings is 1. The summed E-state index contributed by atoms with van der Waals surface area (Å²) in [5.41, 5.74) is 0. The summed E-state index contributed by atoms with van der Waals surface area (Å²) in [6.07, 6.45) is 3.60. The molecule has 0 spiro atoms. The Morgan fingerprint density at radius 2 is 2.15 bits per heavy atom. The van der Waals surface area contributed by atoms with Crippen molar-refractivity contribution in [1.29, 1.82) is 0 Å². The van der Waals surface area contributed by atoms with Crippen molar-refractivity contribution in [3.05, 3.63) is 0 Å². The van der Waals surface area contributed by atoms with E-state index in [1.165, 1.54) is 6.08 Å². The van der Waals surface area contributed by atoms with Crippen LogP contribution in [-0.4, -0.2) is 30.6 Å². The first kappa shape index (κ1) is 9.98. The normalized spacial score (nSPS) is 18.5. The molecule has 0 atom stereocenters. The molecule has 3 heteroatoms. The van der Waals surface area contributed by atoms with E-state index >= 15 is 0 Å². The van der Waals surface area contributed by atoms with Crippen molar-refractivity contribution in [2.24, 2.45) is 10.9 Å². The molecule has 1 fully saturated rings. The van der Waals surface area contributed by atoms with E-state index in [-0.39, 0.29) is 0 Å². The molecule has 70 valence electrons. The van der Waals surface area contributed by atoms with Gasteiger partial charge >= 0.3 is 0 Å². The summed E-state index contributed by atoms with van der Waals surface area (Å²) in [4.78, 5) is 15.4. The molecule has 0 radical (unpaired) electrons. The lowest BCUT2D eigenvalue weighted by molar-refractivity contribution is 0.216. The van der Waals surface area contributed by atoms with Gasteiger partial charge in [0.2, 0.25) is 6.08 Å². The van der Waals surface area contributed by atoms with Crippen molar-refractivity contribution in [2.45, 2.75) is 19.8 Å². The lowest BCUT2D eigenvalue weighted by atomic mass is 9.98. The minimum atomic E-state index is 0.417. The average Bonchev–Trinajstić information content (AvgIpc) is 2.19. The van der Waals surface area contributed by atoms with Gasteiger partial charge < -0.3 is 4.90 Å². The molecule has 1 rings (SSSR count). The van der Waals surface area contributed by atoms with Crippen molar-refractivity contribution in [3.63, 3.8) is 0 Å². The van der Waals surface area contributed by atoms with Gasteiger partial charge in [0.25, 0.3) is 0 Å². The highest BCUT2D eigenvalue weighted by atomic mass is 16.1. The summed E-state index contributed by atoms with van der Waals surface area (Å²) in [6.45, 7) is 5.51. The van der Waals surface area contributed by atoms with E-state index in [4.69, 9.17) is 0 Å². The van der Waals surface area contributed by atoms with Crippen LogP contribution in [0.1, 0.15) is 19.8 Å². The molecule has 3 nitrogen and oxygen atoms in total. The fourth-order valence-corrected chi connectivity index (χ4v) is 1.54. The molecule has 1 aliphatic rings. The second-order valence-corrected chi connectivity index (χ2v) is 3.17. The number of hydrogen-bond acceptors (Lipinski definition) is 3. The number of aliphatic imine (C=N–C) groups is 1. The summed E-state index contributed by atoms with van der Waals surface area (Å²) in [5.74, 6) is 3.38. The lowest BCUT2D eigenvalue weighted by Crippen LogP contribution is -2.32. The number of nitrogens with zero attached hydrogens (tertiary/aromatic N) is 2. The fraction of sp³-hybridized carbons (Fsp3) is 0.700. The van der Waals surface area contributed by atoms with Crippen LogP contribution in [0.15, 0.2) is 4.99 Å². The molecule has 0 unspecified atom stereocenters. The van der Waals surface area contributed by atoms with Crippen LogP contribution >= 0.6 is 0 Å². The highest BCUT2D eigenvalue weighted by Gasteiger charge is 2.15. The largest absolute Gasteiger partial charge is 0.304 e. The summed E-state index contributed by atoms with van der Waals surface area (Å²) in [5, 5.41) is 0. The van der Waals surface area contributed by atoms with Crippen LogP contribution in [0.2, 0.25) is 0 Å². The first-order valence-corrected chi connectivity index (χ1v) is 4.66. The Bertz CT molecular complexity index is 250. The molecular formula is C10H14N2O.